The highest BCUT2D eigenvalue weighted by atomic mass is 16.5. The standard InChI is InChI=1S/C12H16N4O/c1-14-12-6-10(2-3-15-12)8-16-4-5-17-11(7-13)9-16/h2-3,6,11H,4-5,8-9H2,1H3,(H,14,15). The van der Waals surface area contributed by atoms with Gasteiger partial charge in [0.25, 0.3) is 0 Å². The highest BCUT2D eigenvalue weighted by molar-refractivity contribution is 5.36. The van der Waals surface area contributed by atoms with E-state index >= 15 is 0 Å². The van der Waals surface area contributed by atoms with E-state index in [0.29, 0.717) is 13.2 Å². The van der Waals surface area contributed by atoms with E-state index in [1.807, 2.05) is 19.2 Å². The number of rotatable bonds is 3. The molecule has 17 heavy (non-hydrogen) atoms. The molecule has 5 heteroatoms. The van der Waals surface area contributed by atoms with Crippen molar-refractivity contribution in [1.29, 1.82) is 5.26 Å². The third-order valence-electron chi connectivity index (χ3n) is 2.78. The smallest absolute Gasteiger partial charge is 0.156 e. The van der Waals surface area contributed by atoms with Crippen LogP contribution in [0.2, 0.25) is 0 Å². The first-order chi connectivity index (χ1) is 8.31. The van der Waals surface area contributed by atoms with E-state index in [1.54, 1.807) is 6.20 Å². The highest BCUT2D eigenvalue weighted by Crippen LogP contribution is 2.12. The molecule has 1 unspecified atom stereocenters. The number of pyridine rings is 1. The summed E-state index contributed by atoms with van der Waals surface area (Å²) >= 11 is 0. The lowest BCUT2D eigenvalue weighted by molar-refractivity contribution is -0.00269. The minimum Gasteiger partial charge on any atom is -0.373 e. The second kappa shape index (κ2) is 5.62. The number of nitriles is 1. The third-order valence-corrected chi connectivity index (χ3v) is 2.78. The topological polar surface area (TPSA) is 61.2 Å². The quantitative estimate of drug-likeness (QED) is 0.837. The Morgan fingerprint density at radius 3 is 3.35 bits per heavy atom. The highest BCUT2D eigenvalue weighted by Gasteiger charge is 2.19. The Morgan fingerprint density at radius 1 is 1.71 bits per heavy atom. The summed E-state index contributed by atoms with van der Waals surface area (Å²) in [6.07, 6.45) is 1.50. The molecule has 1 N–H and O–H groups in total. The maximum absolute atomic E-state index is 8.84. The summed E-state index contributed by atoms with van der Waals surface area (Å²) in [5, 5.41) is 11.9. The molecule has 1 aromatic rings. The summed E-state index contributed by atoms with van der Waals surface area (Å²) in [7, 11) is 1.85. The Hall–Kier alpha value is -1.64. The van der Waals surface area contributed by atoms with Crippen LogP contribution in [-0.4, -0.2) is 42.7 Å². The largest absolute Gasteiger partial charge is 0.373 e. The molecule has 0 saturated carbocycles. The zero-order valence-corrected chi connectivity index (χ0v) is 9.89. The van der Waals surface area contributed by atoms with Gasteiger partial charge in [0.1, 0.15) is 5.82 Å². The SMILES string of the molecule is CNc1cc(CN2CCOC(C#N)C2)ccn1. The minimum absolute atomic E-state index is 0.297. The number of aromatic nitrogens is 1. The van der Waals surface area contributed by atoms with Crippen molar-refractivity contribution in [3.05, 3.63) is 23.9 Å². The summed E-state index contributed by atoms with van der Waals surface area (Å²) in [5.74, 6) is 0.868. The molecule has 0 amide bonds. The molecule has 1 aromatic heterocycles. The monoisotopic (exact) mass is 232 g/mol. The van der Waals surface area contributed by atoms with E-state index < -0.39 is 0 Å². The first kappa shape index (κ1) is 11.8. The average molecular weight is 232 g/mol. The van der Waals surface area contributed by atoms with E-state index in [0.717, 1.165) is 18.9 Å². The number of nitrogens with one attached hydrogen (secondary N) is 1. The van der Waals surface area contributed by atoms with Crippen LogP contribution in [0, 0.1) is 11.3 Å². The van der Waals surface area contributed by atoms with E-state index in [2.05, 4.69) is 21.3 Å². The van der Waals surface area contributed by atoms with Crippen molar-refractivity contribution in [3.63, 3.8) is 0 Å². The summed E-state index contributed by atoms with van der Waals surface area (Å²) in [6.45, 7) is 3.00. The molecular formula is C12H16N4O. The van der Waals surface area contributed by atoms with Gasteiger partial charge in [0.05, 0.1) is 12.7 Å². The molecule has 2 rings (SSSR count). The second-order valence-electron chi connectivity index (χ2n) is 4.02. The summed E-state index contributed by atoms with van der Waals surface area (Å²) in [6, 6.07) is 6.18. The summed E-state index contributed by atoms with van der Waals surface area (Å²) in [4.78, 5) is 6.40. The molecule has 90 valence electrons. The third kappa shape index (κ3) is 3.16. The predicted octanol–water partition coefficient (Wildman–Crippen LogP) is 0.848. The zero-order chi connectivity index (χ0) is 12.1. The second-order valence-corrected chi connectivity index (χ2v) is 4.02. The minimum atomic E-state index is -0.297. The van der Waals surface area contributed by atoms with Crippen LogP contribution in [0.3, 0.4) is 0 Å². The maximum Gasteiger partial charge on any atom is 0.156 e. The molecule has 0 bridgehead atoms. The van der Waals surface area contributed by atoms with Gasteiger partial charge in [0, 0.05) is 32.9 Å². The van der Waals surface area contributed by atoms with Gasteiger partial charge in [-0.2, -0.15) is 5.26 Å². The van der Waals surface area contributed by atoms with Crippen molar-refractivity contribution < 1.29 is 4.74 Å². The van der Waals surface area contributed by atoms with Crippen LogP contribution in [0.25, 0.3) is 0 Å². The number of nitrogens with zero attached hydrogens (tertiary/aromatic N) is 3. The molecule has 1 atom stereocenters. The Labute approximate surface area is 101 Å². The predicted molar refractivity (Wildman–Crippen MR) is 64.4 cm³/mol. The first-order valence-corrected chi connectivity index (χ1v) is 5.68. The maximum atomic E-state index is 8.84. The van der Waals surface area contributed by atoms with E-state index in [4.69, 9.17) is 10.00 Å². The fourth-order valence-corrected chi connectivity index (χ4v) is 1.89. The molecular weight excluding hydrogens is 216 g/mol. The summed E-state index contributed by atoms with van der Waals surface area (Å²) < 4.78 is 5.31. The molecule has 1 saturated heterocycles. The number of morpholine rings is 1. The summed E-state index contributed by atoms with van der Waals surface area (Å²) in [5.41, 5.74) is 1.20. The van der Waals surface area contributed by atoms with E-state index in [9.17, 15) is 0 Å². The molecule has 0 aliphatic carbocycles. The van der Waals surface area contributed by atoms with Crippen LogP contribution in [0.4, 0.5) is 5.82 Å². The molecule has 0 radical (unpaired) electrons. The van der Waals surface area contributed by atoms with Gasteiger partial charge in [-0.3, -0.25) is 4.90 Å². The van der Waals surface area contributed by atoms with Crippen LogP contribution in [0.5, 0.6) is 0 Å². The first-order valence-electron chi connectivity index (χ1n) is 5.68. The van der Waals surface area contributed by atoms with E-state index in [1.165, 1.54) is 5.56 Å². The van der Waals surface area contributed by atoms with Crippen molar-refractivity contribution in [2.75, 3.05) is 32.1 Å². The van der Waals surface area contributed by atoms with Gasteiger partial charge in [-0.25, -0.2) is 4.98 Å². The molecule has 0 spiro atoms. The van der Waals surface area contributed by atoms with Gasteiger partial charge in [-0.1, -0.05) is 0 Å². The molecule has 2 heterocycles. The van der Waals surface area contributed by atoms with Crippen LogP contribution >= 0.6 is 0 Å². The van der Waals surface area contributed by atoms with Gasteiger partial charge in [0.15, 0.2) is 6.10 Å². The number of ether oxygens (including phenoxy) is 1. The lowest BCUT2D eigenvalue weighted by atomic mass is 10.2. The molecule has 5 nitrogen and oxygen atoms in total. The molecule has 0 aromatic carbocycles. The molecule has 1 fully saturated rings. The Bertz CT molecular complexity index is 415. The van der Waals surface area contributed by atoms with Crippen LogP contribution < -0.4 is 5.32 Å². The van der Waals surface area contributed by atoms with Crippen molar-refractivity contribution >= 4 is 5.82 Å². The lowest BCUT2D eigenvalue weighted by Gasteiger charge is -2.29. The van der Waals surface area contributed by atoms with Crippen molar-refractivity contribution in [2.45, 2.75) is 12.6 Å². The Morgan fingerprint density at radius 2 is 2.59 bits per heavy atom. The normalized spacial score (nSPS) is 20.8. The van der Waals surface area contributed by atoms with Gasteiger partial charge in [0.2, 0.25) is 0 Å². The van der Waals surface area contributed by atoms with Gasteiger partial charge < -0.3 is 10.1 Å². The Kier molecular flexibility index (Phi) is 3.91. The zero-order valence-electron chi connectivity index (χ0n) is 9.89. The molecule has 1 aliphatic heterocycles. The number of anilines is 1. The number of hydrogen-bond acceptors (Lipinski definition) is 5. The fraction of sp³-hybridized carbons (Fsp3) is 0.500. The van der Waals surface area contributed by atoms with Gasteiger partial charge in [-0.05, 0) is 17.7 Å². The average Bonchev–Trinajstić information content (AvgIpc) is 2.39. The van der Waals surface area contributed by atoms with E-state index in [-0.39, 0.29) is 6.10 Å². The van der Waals surface area contributed by atoms with Gasteiger partial charge >= 0.3 is 0 Å². The van der Waals surface area contributed by atoms with Crippen LogP contribution in [0.1, 0.15) is 5.56 Å². The van der Waals surface area contributed by atoms with Crippen LogP contribution in [0.15, 0.2) is 18.3 Å². The van der Waals surface area contributed by atoms with Crippen molar-refractivity contribution in [2.24, 2.45) is 0 Å². The van der Waals surface area contributed by atoms with Gasteiger partial charge in [-0.15, -0.1) is 0 Å². The molecule has 1 aliphatic rings. The van der Waals surface area contributed by atoms with Crippen molar-refractivity contribution in [1.82, 2.24) is 9.88 Å². The Balaban J connectivity index is 1.98. The fourth-order valence-electron chi connectivity index (χ4n) is 1.89. The lowest BCUT2D eigenvalue weighted by Crippen LogP contribution is -2.41. The van der Waals surface area contributed by atoms with Crippen LogP contribution in [-0.2, 0) is 11.3 Å². The van der Waals surface area contributed by atoms with Crippen molar-refractivity contribution in [3.8, 4) is 6.07 Å². The number of hydrogen-bond donors (Lipinski definition) is 1.